The lowest BCUT2D eigenvalue weighted by Gasteiger charge is -2.09. The van der Waals surface area contributed by atoms with Crippen molar-refractivity contribution in [2.75, 3.05) is 13.7 Å². The summed E-state index contributed by atoms with van der Waals surface area (Å²) in [6.07, 6.45) is 1.68. The minimum Gasteiger partial charge on any atom is -0.481 e. The van der Waals surface area contributed by atoms with E-state index >= 15 is 0 Å². The predicted octanol–water partition coefficient (Wildman–Crippen LogP) is 0.704. The molecule has 0 unspecified atom stereocenters. The van der Waals surface area contributed by atoms with E-state index in [1.54, 1.807) is 13.3 Å². The van der Waals surface area contributed by atoms with Gasteiger partial charge in [-0.05, 0) is 25.5 Å². The van der Waals surface area contributed by atoms with Gasteiger partial charge in [-0.2, -0.15) is 0 Å². The van der Waals surface area contributed by atoms with Gasteiger partial charge in [0.05, 0.1) is 13.7 Å². The van der Waals surface area contributed by atoms with Gasteiger partial charge in [0.15, 0.2) is 0 Å². The summed E-state index contributed by atoms with van der Waals surface area (Å²) in [6.45, 7) is 4.80. The van der Waals surface area contributed by atoms with Gasteiger partial charge in [-0.3, -0.25) is 4.79 Å². The summed E-state index contributed by atoms with van der Waals surface area (Å²) in [7, 11) is 1.58. The fraction of sp³-hybridized carbons (Fsp3) is 0.500. The largest absolute Gasteiger partial charge is 0.481 e. The van der Waals surface area contributed by atoms with Gasteiger partial charge in [0.25, 0.3) is 0 Å². The average molecular weight is 237 g/mol. The maximum absolute atomic E-state index is 11.4. The number of carbonyl (C=O) groups excluding carboxylic acids is 1. The van der Waals surface area contributed by atoms with Gasteiger partial charge in [-0.15, -0.1) is 0 Å². The van der Waals surface area contributed by atoms with Gasteiger partial charge >= 0.3 is 0 Å². The van der Waals surface area contributed by atoms with Gasteiger partial charge in [-0.1, -0.05) is 0 Å². The van der Waals surface area contributed by atoms with Crippen LogP contribution in [0, 0.1) is 0 Å². The normalized spacial score (nSPS) is 10.4. The minimum atomic E-state index is 0.000945. The summed E-state index contributed by atoms with van der Waals surface area (Å²) in [6, 6.07) is 3.90. The molecule has 2 N–H and O–H groups in total. The van der Waals surface area contributed by atoms with Crippen molar-refractivity contribution in [2.24, 2.45) is 0 Å². The molecule has 17 heavy (non-hydrogen) atoms. The van der Waals surface area contributed by atoms with Crippen LogP contribution in [-0.2, 0) is 11.3 Å². The Bertz CT molecular complexity index is 367. The van der Waals surface area contributed by atoms with E-state index in [0.717, 1.165) is 5.56 Å². The molecule has 0 saturated carbocycles. The smallest absolute Gasteiger partial charge is 0.234 e. The molecule has 0 saturated heterocycles. The van der Waals surface area contributed by atoms with Gasteiger partial charge in [0, 0.05) is 24.8 Å². The van der Waals surface area contributed by atoms with Gasteiger partial charge in [0.2, 0.25) is 11.8 Å². The Hall–Kier alpha value is -1.62. The van der Waals surface area contributed by atoms with Crippen LogP contribution in [-0.4, -0.2) is 30.6 Å². The number of nitrogens with one attached hydrogen (secondary N) is 2. The third kappa shape index (κ3) is 5.31. The quantitative estimate of drug-likeness (QED) is 0.764. The summed E-state index contributed by atoms with van der Waals surface area (Å²) >= 11 is 0. The lowest BCUT2D eigenvalue weighted by atomic mass is 10.2. The minimum absolute atomic E-state index is 0.000945. The van der Waals surface area contributed by atoms with Gasteiger partial charge < -0.3 is 15.4 Å². The van der Waals surface area contributed by atoms with Crippen molar-refractivity contribution >= 4 is 5.91 Å². The van der Waals surface area contributed by atoms with Crippen molar-refractivity contribution in [3.63, 3.8) is 0 Å². The molecule has 1 aromatic heterocycles. The molecule has 0 spiro atoms. The molecule has 0 radical (unpaired) electrons. The highest BCUT2D eigenvalue weighted by molar-refractivity contribution is 5.78. The number of ether oxygens (including phenoxy) is 1. The number of pyridine rings is 1. The number of aromatic nitrogens is 1. The van der Waals surface area contributed by atoms with Gasteiger partial charge in [0.1, 0.15) is 0 Å². The number of rotatable bonds is 6. The van der Waals surface area contributed by atoms with E-state index < -0.39 is 0 Å². The molecule has 0 aliphatic heterocycles. The van der Waals surface area contributed by atoms with E-state index in [0.29, 0.717) is 19.0 Å². The molecule has 94 valence electrons. The summed E-state index contributed by atoms with van der Waals surface area (Å²) in [4.78, 5) is 15.4. The van der Waals surface area contributed by atoms with Crippen molar-refractivity contribution in [3.05, 3.63) is 23.9 Å². The first kappa shape index (κ1) is 13.4. The van der Waals surface area contributed by atoms with Crippen LogP contribution in [0.5, 0.6) is 5.88 Å². The highest BCUT2D eigenvalue weighted by Crippen LogP contribution is 2.07. The Morgan fingerprint density at radius 3 is 2.94 bits per heavy atom. The standard InChI is InChI=1S/C12H19N3O2/c1-9(2)15-11(16)8-13-7-10-4-5-14-12(6-10)17-3/h4-6,9,13H,7-8H2,1-3H3,(H,15,16). The molecule has 1 rings (SSSR count). The predicted molar refractivity (Wildman–Crippen MR) is 65.8 cm³/mol. The third-order valence-electron chi connectivity index (χ3n) is 2.07. The fourth-order valence-corrected chi connectivity index (χ4v) is 1.37. The molecule has 1 heterocycles. The molecule has 0 bridgehead atoms. The van der Waals surface area contributed by atoms with Crippen LogP contribution in [0.4, 0.5) is 0 Å². The molecule has 0 aromatic carbocycles. The van der Waals surface area contributed by atoms with Crippen molar-refractivity contribution in [2.45, 2.75) is 26.4 Å². The number of methoxy groups -OCH3 is 1. The molecular weight excluding hydrogens is 218 g/mol. The Balaban J connectivity index is 2.32. The maximum Gasteiger partial charge on any atom is 0.234 e. The Morgan fingerprint density at radius 2 is 2.29 bits per heavy atom. The fourth-order valence-electron chi connectivity index (χ4n) is 1.37. The van der Waals surface area contributed by atoms with E-state index in [1.165, 1.54) is 0 Å². The van der Waals surface area contributed by atoms with Crippen LogP contribution in [0.2, 0.25) is 0 Å². The van der Waals surface area contributed by atoms with Crippen LogP contribution < -0.4 is 15.4 Å². The van der Waals surface area contributed by atoms with Crippen molar-refractivity contribution in [1.82, 2.24) is 15.6 Å². The zero-order chi connectivity index (χ0) is 12.7. The summed E-state index contributed by atoms with van der Waals surface area (Å²) in [5, 5.41) is 5.88. The number of hydrogen-bond acceptors (Lipinski definition) is 4. The van der Waals surface area contributed by atoms with Crippen LogP contribution in [0.3, 0.4) is 0 Å². The second-order valence-electron chi connectivity index (χ2n) is 4.03. The highest BCUT2D eigenvalue weighted by atomic mass is 16.5. The van der Waals surface area contributed by atoms with E-state index in [2.05, 4.69) is 15.6 Å². The second-order valence-corrected chi connectivity index (χ2v) is 4.03. The summed E-state index contributed by atoms with van der Waals surface area (Å²) < 4.78 is 5.02. The zero-order valence-electron chi connectivity index (χ0n) is 10.5. The number of hydrogen-bond donors (Lipinski definition) is 2. The summed E-state index contributed by atoms with van der Waals surface area (Å²) in [5.41, 5.74) is 1.04. The second kappa shape index (κ2) is 6.85. The Kier molecular flexibility index (Phi) is 5.42. The Morgan fingerprint density at radius 1 is 1.53 bits per heavy atom. The lowest BCUT2D eigenvalue weighted by molar-refractivity contribution is -0.120. The van der Waals surface area contributed by atoms with Crippen LogP contribution >= 0.6 is 0 Å². The molecule has 5 heteroatoms. The molecule has 0 aliphatic rings. The number of carbonyl (C=O) groups is 1. The molecule has 0 aliphatic carbocycles. The number of nitrogens with zero attached hydrogens (tertiary/aromatic N) is 1. The monoisotopic (exact) mass is 237 g/mol. The topological polar surface area (TPSA) is 63.2 Å². The number of amides is 1. The third-order valence-corrected chi connectivity index (χ3v) is 2.07. The van der Waals surface area contributed by atoms with Crippen molar-refractivity contribution < 1.29 is 9.53 Å². The van der Waals surface area contributed by atoms with Crippen molar-refractivity contribution in [1.29, 1.82) is 0 Å². The first-order valence-corrected chi connectivity index (χ1v) is 5.61. The molecule has 0 fully saturated rings. The molecule has 5 nitrogen and oxygen atoms in total. The molecule has 1 amide bonds. The average Bonchev–Trinajstić information content (AvgIpc) is 2.28. The summed E-state index contributed by atoms with van der Waals surface area (Å²) in [5.74, 6) is 0.581. The molecular formula is C12H19N3O2. The van der Waals surface area contributed by atoms with Crippen LogP contribution in [0.15, 0.2) is 18.3 Å². The van der Waals surface area contributed by atoms with E-state index in [-0.39, 0.29) is 11.9 Å². The highest BCUT2D eigenvalue weighted by Gasteiger charge is 2.02. The van der Waals surface area contributed by atoms with Crippen LogP contribution in [0.1, 0.15) is 19.4 Å². The van der Waals surface area contributed by atoms with Crippen LogP contribution in [0.25, 0.3) is 0 Å². The molecule has 0 atom stereocenters. The van der Waals surface area contributed by atoms with E-state index in [1.807, 2.05) is 26.0 Å². The van der Waals surface area contributed by atoms with Crippen molar-refractivity contribution in [3.8, 4) is 5.88 Å². The maximum atomic E-state index is 11.4. The van der Waals surface area contributed by atoms with E-state index in [9.17, 15) is 4.79 Å². The first-order valence-electron chi connectivity index (χ1n) is 5.61. The Labute approximate surface area is 102 Å². The first-order chi connectivity index (χ1) is 8.11. The van der Waals surface area contributed by atoms with E-state index in [4.69, 9.17) is 4.74 Å². The molecule has 1 aromatic rings. The zero-order valence-corrected chi connectivity index (χ0v) is 10.5. The lowest BCUT2D eigenvalue weighted by Crippen LogP contribution is -2.37. The SMILES string of the molecule is COc1cc(CNCC(=O)NC(C)C)ccn1. The van der Waals surface area contributed by atoms with Gasteiger partial charge in [-0.25, -0.2) is 4.98 Å².